The van der Waals surface area contributed by atoms with Crippen LogP contribution in [0.15, 0.2) is 66.7 Å². The Labute approximate surface area is 219 Å². The number of amides is 1. The lowest BCUT2D eigenvalue weighted by atomic mass is 10.1. The van der Waals surface area contributed by atoms with Crippen LogP contribution < -0.4 is 20.5 Å². The SMILES string of the molecule is COc1ccc(CCn2c(N)c(C(=O)NCCc3ccccc3F)c3nc4ccccc4nc32)cc1OC. The molecule has 0 aliphatic heterocycles. The van der Waals surface area contributed by atoms with E-state index in [-0.39, 0.29) is 29.7 Å². The van der Waals surface area contributed by atoms with E-state index in [2.05, 4.69) is 5.32 Å². The van der Waals surface area contributed by atoms with E-state index in [9.17, 15) is 9.18 Å². The Bertz CT molecular complexity index is 1630. The molecular weight excluding hydrogens is 485 g/mol. The minimum Gasteiger partial charge on any atom is -0.493 e. The number of benzene rings is 3. The molecule has 3 N–H and O–H groups in total. The topological polar surface area (TPSA) is 104 Å². The minimum absolute atomic E-state index is 0.249. The number of fused-ring (bicyclic) bond motifs is 2. The van der Waals surface area contributed by atoms with Crippen LogP contribution in [-0.4, -0.2) is 41.2 Å². The minimum atomic E-state index is -0.377. The molecule has 5 rings (SSSR count). The van der Waals surface area contributed by atoms with Crippen molar-refractivity contribution >= 4 is 33.9 Å². The summed E-state index contributed by atoms with van der Waals surface area (Å²) in [5, 5.41) is 2.87. The number of rotatable bonds is 9. The Morgan fingerprint density at radius 3 is 2.39 bits per heavy atom. The molecule has 0 radical (unpaired) electrons. The number of para-hydroxylation sites is 2. The second-order valence-electron chi connectivity index (χ2n) is 8.83. The predicted octanol–water partition coefficient (Wildman–Crippen LogP) is 4.54. The van der Waals surface area contributed by atoms with Gasteiger partial charge in [-0.1, -0.05) is 36.4 Å². The molecule has 0 aliphatic carbocycles. The molecule has 1 amide bonds. The monoisotopic (exact) mass is 513 g/mol. The highest BCUT2D eigenvalue weighted by Crippen LogP contribution is 2.30. The first-order chi connectivity index (χ1) is 18.5. The van der Waals surface area contributed by atoms with Gasteiger partial charge in [0.1, 0.15) is 22.7 Å². The number of halogens is 1. The van der Waals surface area contributed by atoms with Crippen LogP contribution in [0.5, 0.6) is 11.5 Å². The fourth-order valence-corrected chi connectivity index (χ4v) is 4.54. The molecule has 38 heavy (non-hydrogen) atoms. The molecule has 2 heterocycles. The molecule has 194 valence electrons. The van der Waals surface area contributed by atoms with Gasteiger partial charge in [-0.3, -0.25) is 4.79 Å². The molecule has 5 aromatic rings. The van der Waals surface area contributed by atoms with Crippen LogP contribution in [0.25, 0.3) is 22.2 Å². The number of hydrogen-bond donors (Lipinski definition) is 2. The first-order valence-electron chi connectivity index (χ1n) is 12.3. The van der Waals surface area contributed by atoms with Crippen LogP contribution in [-0.2, 0) is 19.4 Å². The lowest BCUT2D eigenvalue weighted by Gasteiger charge is -2.11. The maximum Gasteiger partial charge on any atom is 0.257 e. The maximum absolute atomic E-state index is 14.0. The van der Waals surface area contributed by atoms with E-state index in [0.29, 0.717) is 58.6 Å². The third-order valence-corrected chi connectivity index (χ3v) is 6.53. The highest BCUT2D eigenvalue weighted by atomic mass is 19.1. The number of aromatic nitrogens is 3. The van der Waals surface area contributed by atoms with Crippen LogP contribution >= 0.6 is 0 Å². The first-order valence-corrected chi connectivity index (χ1v) is 12.3. The second-order valence-corrected chi connectivity index (χ2v) is 8.83. The molecule has 3 aromatic carbocycles. The summed E-state index contributed by atoms with van der Waals surface area (Å²) in [6, 6.07) is 19.7. The number of methoxy groups -OCH3 is 2. The normalized spacial score (nSPS) is 11.1. The molecule has 0 aliphatic rings. The van der Waals surface area contributed by atoms with E-state index < -0.39 is 0 Å². The van der Waals surface area contributed by atoms with Crippen molar-refractivity contribution in [3.05, 3.63) is 89.2 Å². The number of carbonyl (C=O) groups excluding carboxylic acids is 1. The Morgan fingerprint density at radius 2 is 1.66 bits per heavy atom. The average molecular weight is 514 g/mol. The van der Waals surface area contributed by atoms with Gasteiger partial charge in [0, 0.05) is 13.1 Å². The second kappa shape index (κ2) is 10.8. The third-order valence-electron chi connectivity index (χ3n) is 6.53. The van der Waals surface area contributed by atoms with E-state index in [1.807, 2.05) is 47.0 Å². The lowest BCUT2D eigenvalue weighted by molar-refractivity contribution is 0.0956. The van der Waals surface area contributed by atoms with Gasteiger partial charge in [0.05, 0.1) is 25.3 Å². The molecule has 8 nitrogen and oxygen atoms in total. The number of nitrogen functional groups attached to an aromatic ring is 1. The zero-order valence-corrected chi connectivity index (χ0v) is 21.2. The number of aryl methyl sites for hydroxylation is 2. The third kappa shape index (κ3) is 4.82. The van der Waals surface area contributed by atoms with E-state index in [4.69, 9.17) is 25.2 Å². The van der Waals surface area contributed by atoms with Crippen LogP contribution in [0.2, 0.25) is 0 Å². The van der Waals surface area contributed by atoms with Crippen LogP contribution in [0.1, 0.15) is 21.5 Å². The van der Waals surface area contributed by atoms with Crippen molar-refractivity contribution in [2.75, 3.05) is 26.5 Å². The van der Waals surface area contributed by atoms with E-state index in [1.165, 1.54) is 6.07 Å². The Kier molecular flexibility index (Phi) is 7.08. The van der Waals surface area contributed by atoms with Crippen molar-refractivity contribution in [1.29, 1.82) is 0 Å². The number of ether oxygens (including phenoxy) is 2. The zero-order chi connectivity index (χ0) is 26.6. The van der Waals surface area contributed by atoms with Gasteiger partial charge < -0.3 is 25.1 Å². The summed E-state index contributed by atoms with van der Waals surface area (Å²) in [5.41, 5.74) is 10.7. The van der Waals surface area contributed by atoms with E-state index in [1.54, 1.807) is 32.4 Å². The van der Waals surface area contributed by atoms with Crippen molar-refractivity contribution in [3.8, 4) is 11.5 Å². The zero-order valence-electron chi connectivity index (χ0n) is 21.2. The lowest BCUT2D eigenvalue weighted by Crippen LogP contribution is -2.26. The summed E-state index contributed by atoms with van der Waals surface area (Å²) in [6.07, 6.45) is 0.960. The largest absolute Gasteiger partial charge is 0.493 e. The molecule has 0 saturated carbocycles. The Balaban J connectivity index is 1.47. The van der Waals surface area contributed by atoms with Gasteiger partial charge >= 0.3 is 0 Å². The van der Waals surface area contributed by atoms with Crippen LogP contribution in [0.4, 0.5) is 10.2 Å². The number of carbonyl (C=O) groups is 1. The van der Waals surface area contributed by atoms with Crippen molar-refractivity contribution in [1.82, 2.24) is 19.9 Å². The smallest absolute Gasteiger partial charge is 0.257 e. The summed E-state index contributed by atoms with van der Waals surface area (Å²) >= 11 is 0. The maximum atomic E-state index is 14.0. The van der Waals surface area contributed by atoms with E-state index in [0.717, 1.165) is 5.56 Å². The van der Waals surface area contributed by atoms with Crippen molar-refractivity contribution in [3.63, 3.8) is 0 Å². The molecule has 0 spiro atoms. The Hall–Kier alpha value is -4.66. The number of hydrogen-bond acceptors (Lipinski definition) is 6. The summed E-state index contributed by atoms with van der Waals surface area (Å²) < 4.78 is 26.6. The number of nitrogens with two attached hydrogens (primary N) is 1. The summed E-state index contributed by atoms with van der Waals surface area (Å²) in [6.45, 7) is 0.714. The highest BCUT2D eigenvalue weighted by molar-refractivity contribution is 6.10. The molecule has 0 atom stereocenters. The molecule has 0 saturated heterocycles. The highest BCUT2D eigenvalue weighted by Gasteiger charge is 2.24. The number of nitrogens with zero attached hydrogens (tertiary/aromatic N) is 3. The van der Waals surface area contributed by atoms with Gasteiger partial charge in [0.25, 0.3) is 5.91 Å². The molecule has 0 unspecified atom stereocenters. The average Bonchev–Trinajstić information content (AvgIpc) is 3.21. The standard InChI is InChI=1S/C29H28FN5O3/c1-37-23-12-11-18(17-24(23)38-2)14-16-35-27(31)25(26-28(35)34-22-10-6-5-9-21(22)33-26)29(36)32-15-13-19-7-3-4-8-20(19)30/h3-12,17H,13-16,31H2,1-2H3,(H,32,36). The van der Waals surface area contributed by atoms with E-state index >= 15 is 0 Å². The van der Waals surface area contributed by atoms with Gasteiger partial charge in [-0.15, -0.1) is 0 Å². The summed E-state index contributed by atoms with van der Waals surface area (Å²) in [4.78, 5) is 22.9. The quantitative estimate of drug-likeness (QED) is 0.300. The van der Waals surface area contributed by atoms with Gasteiger partial charge in [-0.05, 0) is 54.3 Å². The van der Waals surface area contributed by atoms with Gasteiger partial charge in [-0.25, -0.2) is 14.4 Å². The van der Waals surface area contributed by atoms with Gasteiger partial charge in [-0.2, -0.15) is 0 Å². The molecule has 0 bridgehead atoms. The molecule has 2 aromatic heterocycles. The first kappa shape index (κ1) is 25.0. The fourth-order valence-electron chi connectivity index (χ4n) is 4.54. The summed E-state index contributed by atoms with van der Waals surface area (Å²) in [7, 11) is 3.19. The van der Waals surface area contributed by atoms with Crippen molar-refractivity contribution in [2.45, 2.75) is 19.4 Å². The summed E-state index contributed by atoms with van der Waals surface area (Å²) in [5.74, 6) is 0.882. The van der Waals surface area contributed by atoms with Crippen molar-refractivity contribution in [2.24, 2.45) is 0 Å². The van der Waals surface area contributed by atoms with Crippen LogP contribution in [0, 0.1) is 5.82 Å². The number of anilines is 1. The molecule has 9 heteroatoms. The van der Waals surface area contributed by atoms with Gasteiger partial charge in [0.15, 0.2) is 17.1 Å². The fraction of sp³-hybridized carbons (Fsp3) is 0.207. The predicted molar refractivity (Wildman–Crippen MR) is 145 cm³/mol. The van der Waals surface area contributed by atoms with Crippen molar-refractivity contribution < 1.29 is 18.7 Å². The molecular formula is C29H28FN5O3. The number of nitrogens with one attached hydrogen (secondary N) is 1. The van der Waals surface area contributed by atoms with Crippen LogP contribution in [0.3, 0.4) is 0 Å². The van der Waals surface area contributed by atoms with Gasteiger partial charge in [0.2, 0.25) is 0 Å². The Morgan fingerprint density at radius 1 is 0.947 bits per heavy atom. The molecule has 0 fully saturated rings.